The molecule has 14 heteroatoms. The first-order chi connectivity index (χ1) is 16.5. The van der Waals surface area contributed by atoms with E-state index in [1.807, 2.05) is 0 Å². The van der Waals surface area contributed by atoms with Gasteiger partial charge in [-0.25, -0.2) is 4.79 Å². The van der Waals surface area contributed by atoms with Crippen LogP contribution in [0.5, 0.6) is 5.75 Å². The molecular weight excluding hydrogens is 586 g/mol. The highest BCUT2D eigenvalue weighted by molar-refractivity contribution is 7.18. The monoisotopic (exact) mass is 598 g/mol. The molecule has 0 fully saturated rings. The lowest BCUT2D eigenvalue weighted by Crippen LogP contribution is -2.14. The molecule has 0 aliphatic heterocycles. The molecule has 0 unspecified atom stereocenters. The van der Waals surface area contributed by atoms with Gasteiger partial charge >= 0.3 is 5.97 Å². The third kappa shape index (κ3) is 5.66. The van der Waals surface area contributed by atoms with Crippen molar-refractivity contribution >= 4 is 92.1 Å². The summed E-state index contributed by atoms with van der Waals surface area (Å²) in [6, 6.07) is 2.87. The van der Waals surface area contributed by atoms with E-state index >= 15 is 0 Å². The lowest BCUT2D eigenvalue weighted by atomic mass is 10.1. The Labute approximate surface area is 228 Å². The van der Waals surface area contributed by atoms with E-state index in [-0.39, 0.29) is 71.0 Å². The molecule has 0 aliphatic rings. The fourth-order valence-corrected chi connectivity index (χ4v) is 5.15. The van der Waals surface area contributed by atoms with E-state index < -0.39 is 17.8 Å². The third-order valence-corrected chi connectivity index (χ3v) is 7.95. The molecule has 0 saturated carbocycles. The topological polar surface area (TPSA) is 121 Å². The van der Waals surface area contributed by atoms with Gasteiger partial charge in [0.1, 0.15) is 27.4 Å². The standard InChI is InChI=1S/C21H15Cl5N2O6S/c1-3-32-21(31)10-7(2)17(18(27)29)35-20(10)28-19(30)9-5-4-8(34-9)6-33-16-14(25)12(23)11(22)13(24)15(16)26/h4-5H,3,6H2,1-2H3,(H2,27,29)(H,28,30). The van der Waals surface area contributed by atoms with Crippen molar-refractivity contribution in [2.24, 2.45) is 5.73 Å². The summed E-state index contributed by atoms with van der Waals surface area (Å²) in [5, 5.41) is 2.49. The Balaban J connectivity index is 1.80. The van der Waals surface area contributed by atoms with Crippen LogP contribution in [0.4, 0.5) is 5.00 Å². The second kappa shape index (κ2) is 11.3. The van der Waals surface area contributed by atoms with Gasteiger partial charge in [-0.05, 0) is 31.5 Å². The molecule has 3 aromatic rings. The van der Waals surface area contributed by atoms with Gasteiger partial charge in [-0.15, -0.1) is 11.3 Å². The van der Waals surface area contributed by atoms with Gasteiger partial charge in [0.2, 0.25) is 0 Å². The highest BCUT2D eigenvalue weighted by Gasteiger charge is 2.27. The molecule has 0 aliphatic carbocycles. The lowest BCUT2D eigenvalue weighted by molar-refractivity contribution is 0.0527. The van der Waals surface area contributed by atoms with Gasteiger partial charge in [0, 0.05) is 0 Å². The number of primary amides is 1. The molecule has 0 radical (unpaired) electrons. The van der Waals surface area contributed by atoms with Crippen molar-refractivity contribution in [3.05, 3.63) is 64.8 Å². The van der Waals surface area contributed by atoms with Crippen LogP contribution in [0.15, 0.2) is 16.5 Å². The smallest absolute Gasteiger partial charge is 0.341 e. The number of nitrogens with two attached hydrogens (primary N) is 1. The summed E-state index contributed by atoms with van der Waals surface area (Å²) in [6.07, 6.45) is 0. The molecule has 0 atom stereocenters. The first-order valence-corrected chi connectivity index (χ1v) is 12.3. The molecule has 2 heterocycles. The number of carbonyl (C=O) groups is 3. The number of hydrogen-bond acceptors (Lipinski definition) is 7. The maximum atomic E-state index is 12.8. The Morgan fingerprint density at radius 3 is 2.20 bits per heavy atom. The predicted molar refractivity (Wildman–Crippen MR) is 136 cm³/mol. The van der Waals surface area contributed by atoms with E-state index in [1.165, 1.54) is 19.1 Å². The van der Waals surface area contributed by atoms with Gasteiger partial charge in [-0.1, -0.05) is 58.0 Å². The van der Waals surface area contributed by atoms with Crippen LogP contribution in [0.1, 0.15) is 48.8 Å². The van der Waals surface area contributed by atoms with E-state index in [9.17, 15) is 14.4 Å². The zero-order valence-electron chi connectivity index (χ0n) is 17.9. The van der Waals surface area contributed by atoms with Crippen LogP contribution >= 0.6 is 69.3 Å². The average Bonchev–Trinajstić information content (AvgIpc) is 3.41. The van der Waals surface area contributed by atoms with Gasteiger partial charge in [-0.3, -0.25) is 9.59 Å². The molecule has 2 aromatic heterocycles. The van der Waals surface area contributed by atoms with Crippen LogP contribution in [0.25, 0.3) is 0 Å². The van der Waals surface area contributed by atoms with Crippen LogP contribution in [0.3, 0.4) is 0 Å². The van der Waals surface area contributed by atoms with Gasteiger partial charge in [0.25, 0.3) is 11.8 Å². The average molecular weight is 601 g/mol. The molecule has 0 saturated heterocycles. The van der Waals surface area contributed by atoms with Crippen LogP contribution in [0, 0.1) is 6.92 Å². The molecule has 35 heavy (non-hydrogen) atoms. The van der Waals surface area contributed by atoms with E-state index in [2.05, 4.69) is 5.32 Å². The third-order valence-electron chi connectivity index (χ3n) is 4.49. The molecule has 3 N–H and O–H groups in total. The van der Waals surface area contributed by atoms with Crippen LogP contribution in [-0.2, 0) is 11.3 Å². The quantitative estimate of drug-likeness (QED) is 0.163. The molecular formula is C21H15Cl5N2O6S. The first-order valence-electron chi connectivity index (χ1n) is 9.62. The van der Waals surface area contributed by atoms with Crippen LogP contribution < -0.4 is 15.8 Å². The van der Waals surface area contributed by atoms with E-state index in [0.717, 1.165) is 11.3 Å². The van der Waals surface area contributed by atoms with Crippen molar-refractivity contribution in [2.75, 3.05) is 11.9 Å². The SMILES string of the molecule is CCOC(=O)c1c(NC(=O)c2ccc(COc3c(Cl)c(Cl)c(Cl)c(Cl)c3Cl)o2)sc(C(N)=O)c1C. The molecule has 3 rings (SSSR count). The van der Waals surface area contributed by atoms with Crippen molar-refractivity contribution in [2.45, 2.75) is 20.5 Å². The van der Waals surface area contributed by atoms with Crippen molar-refractivity contribution in [3.63, 3.8) is 0 Å². The van der Waals surface area contributed by atoms with E-state index in [1.54, 1.807) is 6.92 Å². The summed E-state index contributed by atoms with van der Waals surface area (Å²) in [5.41, 5.74) is 5.72. The summed E-state index contributed by atoms with van der Waals surface area (Å²) in [7, 11) is 0. The number of halogens is 5. The number of esters is 1. The highest BCUT2D eigenvalue weighted by atomic mass is 35.5. The number of rotatable bonds is 8. The Bertz CT molecular complexity index is 1310. The maximum Gasteiger partial charge on any atom is 0.341 e. The van der Waals surface area contributed by atoms with Crippen molar-refractivity contribution in [1.82, 2.24) is 0 Å². The Morgan fingerprint density at radius 2 is 1.63 bits per heavy atom. The summed E-state index contributed by atoms with van der Waals surface area (Å²) >= 11 is 31.1. The molecule has 2 amide bonds. The summed E-state index contributed by atoms with van der Waals surface area (Å²) in [5.74, 6) is -2.01. The van der Waals surface area contributed by atoms with Gasteiger partial charge in [0.15, 0.2) is 11.5 Å². The number of hydrogen-bond donors (Lipinski definition) is 2. The Morgan fingerprint density at radius 1 is 1.03 bits per heavy atom. The first kappa shape index (κ1) is 27.4. The van der Waals surface area contributed by atoms with Gasteiger partial charge in [0.05, 0.1) is 32.1 Å². The molecule has 8 nitrogen and oxygen atoms in total. The van der Waals surface area contributed by atoms with Gasteiger partial charge < -0.3 is 24.9 Å². The van der Waals surface area contributed by atoms with Gasteiger partial charge in [-0.2, -0.15) is 0 Å². The fraction of sp³-hybridized carbons (Fsp3) is 0.190. The number of amides is 2. The predicted octanol–water partition coefficient (Wildman–Crippen LogP) is 7.02. The minimum atomic E-state index is -0.740. The number of anilines is 1. The molecule has 0 bridgehead atoms. The lowest BCUT2D eigenvalue weighted by Gasteiger charge is -2.12. The summed E-state index contributed by atoms with van der Waals surface area (Å²) in [6.45, 7) is 3.09. The second-order valence-corrected chi connectivity index (χ2v) is 9.66. The zero-order valence-corrected chi connectivity index (χ0v) is 22.5. The highest BCUT2D eigenvalue weighted by Crippen LogP contribution is 2.48. The van der Waals surface area contributed by atoms with E-state index in [0.29, 0.717) is 5.56 Å². The molecule has 0 spiro atoms. The maximum absolute atomic E-state index is 12.8. The number of benzene rings is 1. The molecule has 186 valence electrons. The minimum absolute atomic E-state index is 0.0118. The van der Waals surface area contributed by atoms with Crippen molar-refractivity contribution in [1.29, 1.82) is 0 Å². The van der Waals surface area contributed by atoms with Crippen LogP contribution in [-0.4, -0.2) is 24.4 Å². The normalized spacial score (nSPS) is 10.8. The number of carbonyl (C=O) groups excluding carboxylic acids is 3. The summed E-state index contributed by atoms with van der Waals surface area (Å²) in [4.78, 5) is 37.0. The van der Waals surface area contributed by atoms with E-state index in [4.69, 9.17) is 77.6 Å². The second-order valence-electron chi connectivity index (χ2n) is 6.75. The van der Waals surface area contributed by atoms with Crippen molar-refractivity contribution < 1.29 is 28.3 Å². The number of furan rings is 1. The Hall–Kier alpha value is -2.14. The fourth-order valence-electron chi connectivity index (χ4n) is 2.88. The van der Waals surface area contributed by atoms with Crippen LogP contribution in [0.2, 0.25) is 25.1 Å². The zero-order chi connectivity index (χ0) is 26.0. The largest absolute Gasteiger partial charge is 0.482 e. The number of ether oxygens (including phenoxy) is 2. The Kier molecular flexibility index (Phi) is 8.85. The van der Waals surface area contributed by atoms with Crippen molar-refractivity contribution in [3.8, 4) is 5.75 Å². The molecule has 1 aromatic carbocycles. The number of thiophene rings is 1. The minimum Gasteiger partial charge on any atom is -0.482 e. The summed E-state index contributed by atoms with van der Waals surface area (Å²) < 4.78 is 16.1. The number of nitrogens with one attached hydrogen (secondary N) is 1.